The maximum Gasteiger partial charge on any atom is 0.203 e. The van der Waals surface area contributed by atoms with Crippen molar-refractivity contribution in [3.05, 3.63) is 59.4 Å². The van der Waals surface area contributed by atoms with Gasteiger partial charge in [0.15, 0.2) is 0 Å². The zero-order chi connectivity index (χ0) is 13.8. The minimum Gasteiger partial charge on any atom is -0.349 e. The minimum absolute atomic E-state index is 0.0964. The van der Waals surface area contributed by atoms with Gasteiger partial charge in [0.25, 0.3) is 0 Å². The van der Waals surface area contributed by atoms with Gasteiger partial charge in [-0.05, 0) is 25.5 Å². The van der Waals surface area contributed by atoms with E-state index in [0.29, 0.717) is 0 Å². The Kier molecular flexibility index (Phi) is 4.27. The maximum absolute atomic E-state index is 6.21. The number of nitrogens with zero attached hydrogens (tertiary/aromatic N) is 2. The predicted octanol–water partition coefficient (Wildman–Crippen LogP) is 4.20. The molecule has 0 saturated carbocycles. The van der Waals surface area contributed by atoms with Gasteiger partial charge in [0.1, 0.15) is 0 Å². The molecule has 0 aliphatic carbocycles. The lowest BCUT2D eigenvalue weighted by Crippen LogP contribution is -2.11. The Bertz CT molecular complexity index is 575. The van der Waals surface area contributed by atoms with Gasteiger partial charge in [-0.1, -0.05) is 35.9 Å². The highest BCUT2D eigenvalue weighted by molar-refractivity contribution is 6.31. The van der Waals surface area contributed by atoms with E-state index in [1.165, 1.54) is 0 Å². The summed E-state index contributed by atoms with van der Waals surface area (Å²) < 4.78 is 2.04. The van der Waals surface area contributed by atoms with Crippen molar-refractivity contribution < 1.29 is 0 Å². The molecule has 1 heterocycles. The van der Waals surface area contributed by atoms with Crippen molar-refractivity contribution >= 4 is 17.5 Å². The molecule has 2 rings (SSSR count). The van der Waals surface area contributed by atoms with Crippen LogP contribution in [0.15, 0.2) is 43.1 Å². The van der Waals surface area contributed by atoms with E-state index in [1.807, 2.05) is 48.0 Å². The second-order valence-electron chi connectivity index (χ2n) is 4.53. The highest BCUT2D eigenvalue weighted by Gasteiger charge is 2.12. The minimum atomic E-state index is 0.0964. The average molecular weight is 276 g/mol. The van der Waals surface area contributed by atoms with Gasteiger partial charge in [-0.25, -0.2) is 4.98 Å². The molecule has 0 aliphatic heterocycles. The smallest absolute Gasteiger partial charge is 0.203 e. The van der Waals surface area contributed by atoms with Crippen LogP contribution in [-0.2, 0) is 6.54 Å². The van der Waals surface area contributed by atoms with Crippen LogP contribution in [0.1, 0.15) is 24.2 Å². The van der Waals surface area contributed by atoms with Crippen molar-refractivity contribution in [2.24, 2.45) is 0 Å². The number of nitrogens with one attached hydrogen (secondary N) is 1. The summed E-state index contributed by atoms with van der Waals surface area (Å²) in [5.74, 6) is 0.838. The zero-order valence-electron chi connectivity index (χ0n) is 11.2. The Balaban J connectivity index is 2.21. The van der Waals surface area contributed by atoms with Crippen molar-refractivity contribution in [1.82, 2.24) is 9.55 Å². The van der Waals surface area contributed by atoms with Crippen molar-refractivity contribution in [2.45, 2.75) is 26.4 Å². The summed E-state index contributed by atoms with van der Waals surface area (Å²) in [4.78, 5) is 4.49. The summed E-state index contributed by atoms with van der Waals surface area (Å²) in [5.41, 5.74) is 2.05. The van der Waals surface area contributed by atoms with Crippen LogP contribution >= 0.6 is 11.6 Å². The van der Waals surface area contributed by atoms with Crippen LogP contribution < -0.4 is 5.32 Å². The Morgan fingerprint density at radius 3 is 2.89 bits per heavy atom. The van der Waals surface area contributed by atoms with Gasteiger partial charge >= 0.3 is 0 Å². The lowest BCUT2D eigenvalue weighted by molar-refractivity contribution is 0.784. The molecule has 1 atom stereocenters. The second-order valence-corrected chi connectivity index (χ2v) is 4.94. The van der Waals surface area contributed by atoms with Crippen LogP contribution in [0.2, 0.25) is 5.02 Å². The van der Waals surface area contributed by atoms with Gasteiger partial charge < -0.3 is 9.88 Å². The Hall–Kier alpha value is -1.74. The number of benzene rings is 1. The summed E-state index contributed by atoms with van der Waals surface area (Å²) in [6.07, 6.45) is 3.86. The molecular weight excluding hydrogens is 258 g/mol. The second kappa shape index (κ2) is 5.93. The third-order valence-electron chi connectivity index (χ3n) is 2.94. The number of aryl methyl sites for hydroxylation is 1. The number of rotatable bonds is 5. The first kappa shape index (κ1) is 13.7. The molecule has 1 aromatic carbocycles. The largest absolute Gasteiger partial charge is 0.349 e. The normalized spacial score (nSPS) is 12.2. The molecule has 0 aliphatic rings. The van der Waals surface area contributed by atoms with Gasteiger partial charge in [0, 0.05) is 17.8 Å². The van der Waals surface area contributed by atoms with Crippen LogP contribution in [0.4, 0.5) is 5.95 Å². The van der Waals surface area contributed by atoms with Gasteiger partial charge in [-0.2, -0.15) is 0 Å². The quantitative estimate of drug-likeness (QED) is 0.829. The van der Waals surface area contributed by atoms with Gasteiger partial charge in [0.2, 0.25) is 5.95 Å². The number of hydrogen-bond donors (Lipinski definition) is 1. The summed E-state index contributed by atoms with van der Waals surface area (Å²) in [6.45, 7) is 8.54. The predicted molar refractivity (Wildman–Crippen MR) is 80.7 cm³/mol. The molecule has 0 amide bonds. The molecule has 1 aromatic heterocycles. The third kappa shape index (κ3) is 3.18. The molecule has 4 heteroatoms. The lowest BCUT2D eigenvalue weighted by Gasteiger charge is -2.17. The van der Waals surface area contributed by atoms with Crippen molar-refractivity contribution in [3.63, 3.8) is 0 Å². The fourth-order valence-corrected chi connectivity index (χ4v) is 2.34. The van der Waals surface area contributed by atoms with E-state index in [-0.39, 0.29) is 6.04 Å². The number of aromatic nitrogens is 2. The van der Waals surface area contributed by atoms with Gasteiger partial charge in [-0.3, -0.25) is 0 Å². The van der Waals surface area contributed by atoms with E-state index < -0.39 is 0 Å². The number of allylic oxidation sites excluding steroid dienone is 1. The van der Waals surface area contributed by atoms with Crippen molar-refractivity contribution in [1.29, 1.82) is 0 Å². The van der Waals surface area contributed by atoms with Gasteiger partial charge in [-0.15, -0.1) is 6.58 Å². The molecule has 2 aromatic rings. The third-order valence-corrected chi connectivity index (χ3v) is 3.28. The molecule has 3 nitrogen and oxygen atoms in total. The van der Waals surface area contributed by atoms with E-state index in [1.54, 1.807) is 0 Å². The fraction of sp³-hybridized carbons (Fsp3) is 0.267. The Labute approximate surface area is 118 Å². The molecule has 0 bridgehead atoms. The molecule has 0 radical (unpaired) electrons. The van der Waals surface area contributed by atoms with Crippen molar-refractivity contribution in [2.75, 3.05) is 5.32 Å². The van der Waals surface area contributed by atoms with Crippen LogP contribution in [0.3, 0.4) is 0 Å². The highest BCUT2D eigenvalue weighted by atomic mass is 35.5. The standard InChI is InChI=1S/C15H18ClN3/c1-4-9-19-10-11(2)17-15(19)18-12(3)13-7-5-6-8-14(13)16/h4-8,10,12H,1,9H2,2-3H3,(H,17,18). The molecule has 1 N–H and O–H groups in total. The van der Waals surface area contributed by atoms with E-state index in [2.05, 4.69) is 23.8 Å². The summed E-state index contributed by atoms with van der Waals surface area (Å²) in [5, 5.41) is 4.16. The number of imidazole rings is 1. The van der Waals surface area contributed by atoms with E-state index in [4.69, 9.17) is 11.6 Å². The van der Waals surface area contributed by atoms with Crippen LogP contribution in [0.25, 0.3) is 0 Å². The molecule has 1 unspecified atom stereocenters. The summed E-state index contributed by atoms with van der Waals surface area (Å²) in [7, 11) is 0. The number of halogens is 1. The lowest BCUT2D eigenvalue weighted by atomic mass is 10.1. The van der Waals surface area contributed by atoms with Crippen LogP contribution in [-0.4, -0.2) is 9.55 Å². The monoisotopic (exact) mass is 275 g/mol. The van der Waals surface area contributed by atoms with Gasteiger partial charge in [0.05, 0.1) is 11.7 Å². The van der Waals surface area contributed by atoms with Crippen LogP contribution in [0.5, 0.6) is 0 Å². The maximum atomic E-state index is 6.21. The molecule has 0 spiro atoms. The topological polar surface area (TPSA) is 29.9 Å². The van der Waals surface area contributed by atoms with Crippen LogP contribution in [0, 0.1) is 6.92 Å². The van der Waals surface area contributed by atoms with E-state index in [9.17, 15) is 0 Å². The number of anilines is 1. The molecule has 19 heavy (non-hydrogen) atoms. The molecule has 0 fully saturated rings. The van der Waals surface area contributed by atoms with E-state index in [0.717, 1.165) is 28.8 Å². The average Bonchev–Trinajstić information content (AvgIpc) is 2.70. The molecule has 0 saturated heterocycles. The number of hydrogen-bond acceptors (Lipinski definition) is 2. The zero-order valence-corrected chi connectivity index (χ0v) is 12.0. The van der Waals surface area contributed by atoms with E-state index >= 15 is 0 Å². The molecule has 100 valence electrons. The first-order valence-electron chi connectivity index (χ1n) is 6.27. The SMILES string of the molecule is C=CCn1cc(C)nc1NC(C)c1ccccc1Cl. The Morgan fingerprint density at radius 1 is 1.47 bits per heavy atom. The summed E-state index contributed by atoms with van der Waals surface area (Å²) in [6, 6.07) is 7.94. The molecular formula is C15H18ClN3. The highest BCUT2D eigenvalue weighted by Crippen LogP contribution is 2.25. The first-order chi connectivity index (χ1) is 9.11. The first-order valence-corrected chi connectivity index (χ1v) is 6.65. The summed E-state index contributed by atoms with van der Waals surface area (Å²) >= 11 is 6.21. The Morgan fingerprint density at radius 2 is 2.21 bits per heavy atom. The van der Waals surface area contributed by atoms with Crippen molar-refractivity contribution in [3.8, 4) is 0 Å². The fourth-order valence-electron chi connectivity index (χ4n) is 2.04.